The van der Waals surface area contributed by atoms with E-state index in [4.69, 9.17) is 5.11 Å². The first kappa shape index (κ1) is 15.2. The van der Waals surface area contributed by atoms with E-state index in [-0.39, 0.29) is 22.4 Å². The summed E-state index contributed by atoms with van der Waals surface area (Å²) in [5.74, 6) is -2.83. The van der Waals surface area contributed by atoms with Crippen LogP contribution in [0.2, 0.25) is 0 Å². The summed E-state index contributed by atoms with van der Waals surface area (Å²) >= 11 is 0. The molecular weight excluding hydrogens is 298 g/mol. The average Bonchev–Trinajstić information content (AvgIpc) is 2.59. The molecule has 112 valence electrons. The van der Waals surface area contributed by atoms with Gasteiger partial charge in [-0.1, -0.05) is 0 Å². The normalized spacial score (nSPS) is 16.0. The van der Waals surface area contributed by atoms with Crippen molar-refractivity contribution in [1.29, 1.82) is 0 Å². The lowest BCUT2D eigenvalue weighted by Crippen LogP contribution is -2.41. The Bertz CT molecular complexity index is 752. The van der Waals surface area contributed by atoms with Crippen LogP contribution in [0.3, 0.4) is 0 Å². The number of imide groups is 1. The topological polar surface area (TPSA) is 109 Å². The van der Waals surface area contributed by atoms with E-state index in [1.165, 1.54) is 19.1 Å². The van der Waals surface area contributed by atoms with Gasteiger partial charge in [0.15, 0.2) is 0 Å². The fourth-order valence-electron chi connectivity index (χ4n) is 2.31. The number of amides is 2. The summed E-state index contributed by atoms with van der Waals surface area (Å²) < 4.78 is 22.6. The molecule has 7 nitrogen and oxygen atoms in total. The van der Waals surface area contributed by atoms with Crippen molar-refractivity contribution in [2.45, 2.75) is 13.0 Å². The van der Waals surface area contributed by atoms with Crippen LogP contribution in [0.15, 0.2) is 18.2 Å². The number of hydrogen-bond donors (Lipinski definition) is 1. The van der Waals surface area contributed by atoms with Crippen LogP contribution in [0.5, 0.6) is 0 Å². The van der Waals surface area contributed by atoms with Crippen molar-refractivity contribution in [1.82, 2.24) is 4.90 Å². The minimum Gasteiger partial charge on any atom is -0.478 e. The molecule has 8 heteroatoms. The van der Waals surface area contributed by atoms with Crippen LogP contribution in [0.4, 0.5) is 0 Å². The van der Waals surface area contributed by atoms with Crippen LogP contribution < -0.4 is 0 Å². The fourth-order valence-corrected chi connectivity index (χ4v) is 3.33. The van der Waals surface area contributed by atoms with Crippen molar-refractivity contribution in [3.63, 3.8) is 0 Å². The van der Waals surface area contributed by atoms with Crippen LogP contribution in [0.25, 0.3) is 0 Å². The van der Waals surface area contributed by atoms with Crippen LogP contribution in [-0.4, -0.2) is 54.3 Å². The minimum absolute atomic E-state index is 0.0137. The Morgan fingerprint density at radius 1 is 1.24 bits per heavy atom. The van der Waals surface area contributed by atoms with Gasteiger partial charge in [-0.3, -0.25) is 14.5 Å². The molecule has 1 aliphatic heterocycles. The third-order valence-electron chi connectivity index (χ3n) is 3.15. The number of carboxylic acid groups (broad SMARTS) is 1. The number of sulfone groups is 1. The number of benzene rings is 1. The Labute approximate surface area is 121 Å². The van der Waals surface area contributed by atoms with Gasteiger partial charge in [0, 0.05) is 6.26 Å². The summed E-state index contributed by atoms with van der Waals surface area (Å²) in [6, 6.07) is 2.81. The molecule has 1 unspecified atom stereocenters. The van der Waals surface area contributed by atoms with E-state index in [0.717, 1.165) is 17.2 Å². The van der Waals surface area contributed by atoms with Crippen molar-refractivity contribution in [2.24, 2.45) is 0 Å². The molecule has 1 atom stereocenters. The average molecular weight is 311 g/mol. The first-order valence-electron chi connectivity index (χ1n) is 6.05. The van der Waals surface area contributed by atoms with Gasteiger partial charge in [-0.25, -0.2) is 13.2 Å². The lowest BCUT2D eigenvalue weighted by atomic mass is 10.1. The molecule has 0 spiro atoms. The predicted molar refractivity (Wildman–Crippen MR) is 73.1 cm³/mol. The highest BCUT2D eigenvalue weighted by Gasteiger charge is 2.39. The highest BCUT2D eigenvalue weighted by atomic mass is 32.2. The number of hydrogen-bond acceptors (Lipinski definition) is 5. The molecule has 0 bridgehead atoms. The molecule has 1 aliphatic rings. The summed E-state index contributed by atoms with van der Waals surface area (Å²) in [7, 11) is -3.36. The maximum absolute atomic E-state index is 12.2. The summed E-state index contributed by atoms with van der Waals surface area (Å²) in [5.41, 5.74) is -0.0295. The second-order valence-corrected chi connectivity index (χ2v) is 7.17. The van der Waals surface area contributed by atoms with E-state index in [2.05, 4.69) is 0 Å². The Kier molecular flexibility index (Phi) is 3.58. The Morgan fingerprint density at radius 2 is 1.81 bits per heavy atom. The molecular formula is C13H13NO6S. The van der Waals surface area contributed by atoms with Crippen molar-refractivity contribution in [3.8, 4) is 0 Å². The van der Waals surface area contributed by atoms with Crippen LogP contribution in [-0.2, 0) is 9.84 Å². The lowest BCUT2D eigenvalue weighted by Gasteiger charge is -2.21. The third-order valence-corrected chi connectivity index (χ3v) is 4.24. The maximum atomic E-state index is 12.2. The lowest BCUT2D eigenvalue weighted by molar-refractivity contribution is 0.0610. The molecule has 1 heterocycles. The van der Waals surface area contributed by atoms with Crippen molar-refractivity contribution >= 4 is 27.6 Å². The molecule has 0 saturated heterocycles. The molecule has 2 amide bonds. The summed E-state index contributed by atoms with van der Waals surface area (Å²) in [5, 5.41) is 8.91. The molecule has 21 heavy (non-hydrogen) atoms. The SMILES string of the molecule is CC(CS(C)(=O)=O)N1C(=O)c2ccc(C(=O)O)cc2C1=O. The molecule has 1 aromatic rings. The van der Waals surface area contributed by atoms with Gasteiger partial charge in [-0.05, 0) is 25.1 Å². The number of aromatic carboxylic acids is 1. The third kappa shape index (κ3) is 2.80. The molecule has 0 aliphatic carbocycles. The molecule has 1 N–H and O–H groups in total. The van der Waals surface area contributed by atoms with Gasteiger partial charge in [-0.2, -0.15) is 0 Å². The molecule has 0 radical (unpaired) electrons. The zero-order valence-corrected chi connectivity index (χ0v) is 12.2. The summed E-state index contributed by atoms with van der Waals surface area (Å²) in [4.78, 5) is 36.2. The van der Waals surface area contributed by atoms with Crippen LogP contribution in [0.1, 0.15) is 38.0 Å². The van der Waals surface area contributed by atoms with E-state index in [1.54, 1.807) is 0 Å². The number of nitrogens with zero attached hydrogens (tertiary/aromatic N) is 1. The predicted octanol–water partition coefficient (Wildman–Crippen LogP) is 0.414. The number of fused-ring (bicyclic) bond motifs is 1. The van der Waals surface area contributed by atoms with Gasteiger partial charge in [0.1, 0.15) is 9.84 Å². The summed E-state index contributed by atoms with van der Waals surface area (Å²) in [6.07, 6.45) is 1.02. The first-order valence-corrected chi connectivity index (χ1v) is 8.11. The van der Waals surface area contributed by atoms with Gasteiger partial charge < -0.3 is 5.11 Å². The second kappa shape index (κ2) is 4.96. The number of carbonyl (C=O) groups excluding carboxylic acids is 2. The standard InChI is InChI=1S/C13H13NO6S/c1-7(6-21(2,19)20)14-11(15)9-4-3-8(13(17)18)5-10(9)12(14)16/h3-5,7H,6H2,1-2H3,(H,17,18). The maximum Gasteiger partial charge on any atom is 0.335 e. The number of rotatable bonds is 4. The summed E-state index contributed by atoms with van der Waals surface area (Å²) in [6.45, 7) is 1.46. The van der Waals surface area contributed by atoms with Gasteiger partial charge in [0.2, 0.25) is 0 Å². The van der Waals surface area contributed by atoms with Gasteiger partial charge in [0.25, 0.3) is 11.8 Å². The van der Waals surface area contributed by atoms with Crippen LogP contribution in [0, 0.1) is 0 Å². The second-order valence-electron chi connectivity index (χ2n) is 4.99. The van der Waals surface area contributed by atoms with E-state index in [1.807, 2.05) is 0 Å². The Hall–Kier alpha value is -2.22. The van der Waals surface area contributed by atoms with Crippen molar-refractivity contribution in [2.75, 3.05) is 12.0 Å². The Morgan fingerprint density at radius 3 is 2.33 bits per heavy atom. The molecule has 1 aromatic carbocycles. The molecule has 0 fully saturated rings. The van der Waals surface area contributed by atoms with E-state index in [9.17, 15) is 22.8 Å². The largest absolute Gasteiger partial charge is 0.478 e. The monoisotopic (exact) mass is 311 g/mol. The van der Waals surface area contributed by atoms with Gasteiger partial charge in [-0.15, -0.1) is 0 Å². The quantitative estimate of drug-likeness (QED) is 0.807. The smallest absolute Gasteiger partial charge is 0.335 e. The van der Waals surface area contributed by atoms with E-state index >= 15 is 0 Å². The first-order chi connectivity index (χ1) is 9.61. The highest BCUT2D eigenvalue weighted by Crippen LogP contribution is 2.26. The fraction of sp³-hybridized carbons (Fsp3) is 0.308. The van der Waals surface area contributed by atoms with E-state index in [0.29, 0.717) is 0 Å². The highest BCUT2D eigenvalue weighted by molar-refractivity contribution is 7.90. The molecule has 0 aromatic heterocycles. The zero-order chi connectivity index (χ0) is 15.9. The number of carboxylic acids is 1. The van der Waals surface area contributed by atoms with Crippen molar-refractivity contribution < 1.29 is 27.9 Å². The van der Waals surface area contributed by atoms with E-state index < -0.39 is 33.7 Å². The van der Waals surface area contributed by atoms with Crippen molar-refractivity contribution in [3.05, 3.63) is 34.9 Å². The van der Waals surface area contributed by atoms with Crippen LogP contribution >= 0.6 is 0 Å². The van der Waals surface area contributed by atoms with Gasteiger partial charge >= 0.3 is 5.97 Å². The molecule has 0 saturated carbocycles. The number of carbonyl (C=O) groups is 3. The Balaban J connectivity index is 2.40. The zero-order valence-electron chi connectivity index (χ0n) is 11.4. The molecule has 2 rings (SSSR count). The van der Waals surface area contributed by atoms with Gasteiger partial charge in [0.05, 0.1) is 28.5 Å². The minimum atomic E-state index is -3.36.